The molecular formula is C12H27N3O. The van der Waals surface area contributed by atoms with Crippen molar-refractivity contribution >= 4 is 5.91 Å². The van der Waals surface area contributed by atoms with Gasteiger partial charge in [0.1, 0.15) is 0 Å². The summed E-state index contributed by atoms with van der Waals surface area (Å²) in [6.07, 6.45) is 0. The van der Waals surface area contributed by atoms with Crippen LogP contribution in [0.25, 0.3) is 0 Å². The number of hydrogen-bond donors (Lipinski definition) is 2. The molecule has 0 spiro atoms. The van der Waals surface area contributed by atoms with Crippen LogP contribution in [0.4, 0.5) is 0 Å². The molecule has 0 aromatic rings. The third-order valence-corrected chi connectivity index (χ3v) is 2.65. The lowest BCUT2D eigenvalue weighted by molar-refractivity contribution is -0.125. The monoisotopic (exact) mass is 229 g/mol. The highest BCUT2D eigenvalue weighted by molar-refractivity contribution is 5.78. The second-order valence-corrected chi connectivity index (χ2v) is 5.08. The van der Waals surface area contributed by atoms with Gasteiger partial charge in [0, 0.05) is 25.0 Å². The molecule has 1 amide bonds. The van der Waals surface area contributed by atoms with Crippen molar-refractivity contribution in [2.24, 2.45) is 11.8 Å². The van der Waals surface area contributed by atoms with Crippen LogP contribution in [0.15, 0.2) is 0 Å². The first-order valence-electron chi connectivity index (χ1n) is 5.98. The standard InChI is InChI=1S/C12H27N3O/c1-9(2)11(8-15(5)6)14-12(16)10(3)7-13-4/h9-11,13H,7-8H2,1-6H3,(H,14,16). The van der Waals surface area contributed by atoms with E-state index in [4.69, 9.17) is 0 Å². The zero-order chi connectivity index (χ0) is 12.7. The molecule has 0 aliphatic heterocycles. The zero-order valence-corrected chi connectivity index (χ0v) is 11.5. The van der Waals surface area contributed by atoms with E-state index < -0.39 is 0 Å². The highest BCUT2D eigenvalue weighted by atomic mass is 16.1. The van der Waals surface area contributed by atoms with Gasteiger partial charge in [-0.1, -0.05) is 20.8 Å². The van der Waals surface area contributed by atoms with E-state index in [9.17, 15) is 4.79 Å². The second kappa shape index (κ2) is 7.63. The minimum atomic E-state index is 0.0217. The maximum absolute atomic E-state index is 11.9. The van der Waals surface area contributed by atoms with Gasteiger partial charge in [0.05, 0.1) is 0 Å². The van der Waals surface area contributed by atoms with Crippen molar-refractivity contribution < 1.29 is 4.79 Å². The van der Waals surface area contributed by atoms with Crippen LogP contribution in [-0.2, 0) is 4.79 Å². The number of carbonyl (C=O) groups is 1. The number of nitrogens with one attached hydrogen (secondary N) is 2. The molecule has 0 rings (SSSR count). The molecule has 0 aliphatic rings. The lowest BCUT2D eigenvalue weighted by Gasteiger charge is -2.27. The molecule has 0 bridgehead atoms. The van der Waals surface area contributed by atoms with Crippen LogP contribution in [0.1, 0.15) is 20.8 Å². The lowest BCUT2D eigenvalue weighted by Crippen LogP contribution is -2.47. The Morgan fingerprint density at radius 1 is 1.25 bits per heavy atom. The summed E-state index contributed by atoms with van der Waals surface area (Å²) in [4.78, 5) is 14.0. The van der Waals surface area contributed by atoms with Gasteiger partial charge in [-0.2, -0.15) is 0 Å². The number of carbonyl (C=O) groups excluding carboxylic acids is 1. The van der Waals surface area contributed by atoms with Crippen LogP contribution in [0.5, 0.6) is 0 Å². The molecule has 0 heterocycles. The molecule has 16 heavy (non-hydrogen) atoms. The predicted molar refractivity (Wildman–Crippen MR) is 68.4 cm³/mol. The molecule has 4 heteroatoms. The van der Waals surface area contributed by atoms with Crippen molar-refractivity contribution in [2.75, 3.05) is 34.2 Å². The molecule has 2 N–H and O–H groups in total. The molecule has 2 unspecified atom stereocenters. The van der Waals surface area contributed by atoms with Gasteiger partial charge in [0.2, 0.25) is 5.91 Å². The Bertz CT molecular complexity index is 204. The largest absolute Gasteiger partial charge is 0.352 e. The van der Waals surface area contributed by atoms with Gasteiger partial charge in [-0.05, 0) is 27.1 Å². The van der Waals surface area contributed by atoms with Gasteiger partial charge in [-0.3, -0.25) is 4.79 Å². The quantitative estimate of drug-likeness (QED) is 0.670. The van der Waals surface area contributed by atoms with E-state index >= 15 is 0 Å². The number of likely N-dealkylation sites (N-methyl/N-ethyl adjacent to an activating group) is 1. The third kappa shape index (κ3) is 6.08. The van der Waals surface area contributed by atoms with Gasteiger partial charge >= 0.3 is 0 Å². The minimum Gasteiger partial charge on any atom is -0.352 e. The van der Waals surface area contributed by atoms with Crippen molar-refractivity contribution in [3.63, 3.8) is 0 Å². The highest BCUT2D eigenvalue weighted by Crippen LogP contribution is 2.04. The Hall–Kier alpha value is -0.610. The Kier molecular flexibility index (Phi) is 7.34. The van der Waals surface area contributed by atoms with E-state index in [1.54, 1.807) is 0 Å². The van der Waals surface area contributed by atoms with Crippen molar-refractivity contribution in [1.29, 1.82) is 0 Å². The summed E-state index contributed by atoms with van der Waals surface area (Å²) in [5, 5.41) is 6.13. The summed E-state index contributed by atoms with van der Waals surface area (Å²) in [5.74, 6) is 0.608. The van der Waals surface area contributed by atoms with Gasteiger partial charge in [-0.15, -0.1) is 0 Å². The molecular weight excluding hydrogens is 202 g/mol. The van der Waals surface area contributed by atoms with Crippen molar-refractivity contribution in [1.82, 2.24) is 15.5 Å². The van der Waals surface area contributed by atoms with Crippen LogP contribution in [-0.4, -0.2) is 51.1 Å². The summed E-state index contributed by atoms with van der Waals surface area (Å²) in [6, 6.07) is 0.224. The molecule has 4 nitrogen and oxygen atoms in total. The molecule has 0 radical (unpaired) electrons. The molecule has 0 aromatic carbocycles. The number of amides is 1. The first-order valence-corrected chi connectivity index (χ1v) is 5.98. The zero-order valence-electron chi connectivity index (χ0n) is 11.5. The molecule has 0 aliphatic carbocycles. The number of rotatable bonds is 7. The molecule has 0 fully saturated rings. The van der Waals surface area contributed by atoms with Crippen molar-refractivity contribution in [3.8, 4) is 0 Å². The van der Waals surface area contributed by atoms with Crippen LogP contribution in [0.2, 0.25) is 0 Å². The summed E-state index contributed by atoms with van der Waals surface area (Å²) in [5.41, 5.74) is 0. The van der Waals surface area contributed by atoms with Gasteiger partial charge in [0.25, 0.3) is 0 Å². The Morgan fingerprint density at radius 3 is 2.19 bits per heavy atom. The topological polar surface area (TPSA) is 44.4 Å². The summed E-state index contributed by atoms with van der Waals surface area (Å²) < 4.78 is 0. The summed E-state index contributed by atoms with van der Waals surface area (Å²) in [7, 11) is 5.92. The van der Waals surface area contributed by atoms with Crippen LogP contribution < -0.4 is 10.6 Å². The minimum absolute atomic E-state index is 0.0217. The van der Waals surface area contributed by atoms with Crippen molar-refractivity contribution in [2.45, 2.75) is 26.8 Å². The van der Waals surface area contributed by atoms with Crippen molar-refractivity contribution in [3.05, 3.63) is 0 Å². The molecule has 2 atom stereocenters. The lowest BCUT2D eigenvalue weighted by atomic mass is 10.0. The molecule has 0 aromatic heterocycles. The van der Waals surface area contributed by atoms with E-state index in [-0.39, 0.29) is 17.9 Å². The Labute approximate surface area is 99.8 Å². The predicted octanol–water partition coefficient (Wildman–Crippen LogP) is 0.544. The van der Waals surface area contributed by atoms with Gasteiger partial charge in [-0.25, -0.2) is 0 Å². The number of hydrogen-bond acceptors (Lipinski definition) is 3. The fourth-order valence-electron chi connectivity index (χ4n) is 1.54. The fraction of sp³-hybridized carbons (Fsp3) is 0.917. The van der Waals surface area contributed by atoms with E-state index in [1.807, 2.05) is 28.1 Å². The summed E-state index contributed by atoms with van der Waals surface area (Å²) in [6.45, 7) is 7.82. The van der Waals surface area contributed by atoms with Crippen LogP contribution in [0, 0.1) is 11.8 Å². The first-order chi connectivity index (χ1) is 7.38. The van der Waals surface area contributed by atoms with E-state index in [0.717, 1.165) is 13.1 Å². The highest BCUT2D eigenvalue weighted by Gasteiger charge is 2.19. The molecule has 0 saturated heterocycles. The van der Waals surface area contributed by atoms with E-state index in [1.165, 1.54) is 0 Å². The smallest absolute Gasteiger partial charge is 0.224 e. The second-order valence-electron chi connectivity index (χ2n) is 5.08. The molecule has 96 valence electrons. The van der Waals surface area contributed by atoms with E-state index in [0.29, 0.717) is 5.92 Å². The maximum Gasteiger partial charge on any atom is 0.224 e. The van der Waals surface area contributed by atoms with Crippen LogP contribution >= 0.6 is 0 Å². The first kappa shape index (κ1) is 15.4. The normalized spacial score (nSPS) is 15.2. The fourth-order valence-corrected chi connectivity index (χ4v) is 1.54. The Balaban J connectivity index is 4.23. The maximum atomic E-state index is 11.9. The van der Waals surface area contributed by atoms with Gasteiger partial charge in [0.15, 0.2) is 0 Å². The third-order valence-electron chi connectivity index (χ3n) is 2.65. The SMILES string of the molecule is CNCC(C)C(=O)NC(CN(C)C)C(C)C. The number of nitrogens with zero attached hydrogens (tertiary/aromatic N) is 1. The Morgan fingerprint density at radius 2 is 1.81 bits per heavy atom. The molecule has 0 saturated carbocycles. The average Bonchev–Trinajstić information content (AvgIpc) is 2.16. The van der Waals surface area contributed by atoms with E-state index in [2.05, 4.69) is 29.4 Å². The van der Waals surface area contributed by atoms with Crippen LogP contribution in [0.3, 0.4) is 0 Å². The average molecular weight is 229 g/mol. The van der Waals surface area contributed by atoms with Gasteiger partial charge < -0.3 is 15.5 Å². The summed E-state index contributed by atoms with van der Waals surface area (Å²) >= 11 is 0.